The Balaban J connectivity index is 2.14. The van der Waals surface area contributed by atoms with Gasteiger partial charge in [-0.15, -0.1) is 0 Å². The number of H-pyrrole nitrogens is 1. The minimum absolute atomic E-state index is 0.110. The molecule has 10 heteroatoms. The molecule has 2 heterocycles. The van der Waals surface area contributed by atoms with E-state index < -0.39 is 23.3 Å². The van der Waals surface area contributed by atoms with E-state index in [-0.39, 0.29) is 22.6 Å². The molecule has 0 fully saturated rings. The summed E-state index contributed by atoms with van der Waals surface area (Å²) in [5.74, 6) is -2.18. The largest absolute Gasteiger partial charge is 0.511 e. The third kappa shape index (κ3) is 2.37. The van der Waals surface area contributed by atoms with E-state index in [1.54, 1.807) is 0 Å². The van der Waals surface area contributed by atoms with Crippen molar-refractivity contribution in [1.29, 1.82) is 0 Å². The van der Waals surface area contributed by atoms with E-state index in [0.717, 1.165) is 23.1 Å². The molecular weight excluding hydrogens is 302 g/mol. The lowest BCUT2D eigenvalue weighted by atomic mass is 10.2. The van der Waals surface area contributed by atoms with Crippen molar-refractivity contribution >= 4 is 17.1 Å². The van der Waals surface area contributed by atoms with Crippen LogP contribution in [-0.2, 0) is 0 Å². The van der Waals surface area contributed by atoms with Gasteiger partial charge in [0.1, 0.15) is 17.0 Å². The van der Waals surface area contributed by atoms with Gasteiger partial charge in [0.05, 0.1) is 17.9 Å². The highest BCUT2D eigenvalue weighted by atomic mass is 19.1. The molecule has 0 saturated heterocycles. The van der Waals surface area contributed by atoms with Crippen molar-refractivity contribution in [3.8, 4) is 11.7 Å². The lowest BCUT2D eigenvalue weighted by Crippen LogP contribution is -2.15. The van der Waals surface area contributed by atoms with Gasteiger partial charge in [-0.3, -0.25) is 9.78 Å². The van der Waals surface area contributed by atoms with Crippen LogP contribution in [0.4, 0.5) is 13.6 Å². The second-order valence-electron chi connectivity index (χ2n) is 4.16. The van der Waals surface area contributed by atoms with Crippen molar-refractivity contribution in [2.75, 3.05) is 0 Å². The van der Waals surface area contributed by atoms with Crippen molar-refractivity contribution in [2.24, 2.45) is 0 Å². The van der Waals surface area contributed by atoms with Gasteiger partial charge in [-0.1, -0.05) is 0 Å². The monoisotopic (exact) mass is 308 g/mol. The lowest BCUT2D eigenvalue weighted by Gasteiger charge is -2.03. The third-order valence-corrected chi connectivity index (χ3v) is 2.69. The molecule has 0 aliphatic rings. The van der Waals surface area contributed by atoms with Gasteiger partial charge in [0.2, 0.25) is 5.95 Å². The van der Waals surface area contributed by atoms with Crippen LogP contribution in [0, 0.1) is 11.6 Å². The van der Waals surface area contributed by atoms with Crippen molar-refractivity contribution in [1.82, 2.24) is 19.7 Å². The molecular formula is C12H6F2N4O4. The maximum atomic E-state index is 13.6. The second-order valence-corrected chi connectivity index (χ2v) is 4.16. The Morgan fingerprint density at radius 1 is 1.36 bits per heavy atom. The molecule has 0 atom stereocenters. The molecule has 8 nitrogen and oxygen atoms in total. The molecule has 2 aromatic heterocycles. The molecule has 0 aliphatic carbocycles. The van der Waals surface area contributed by atoms with Gasteiger partial charge in [0.15, 0.2) is 5.75 Å². The van der Waals surface area contributed by atoms with Gasteiger partial charge >= 0.3 is 6.16 Å². The molecule has 3 rings (SSSR count). The Hall–Kier alpha value is -3.30. The van der Waals surface area contributed by atoms with Crippen LogP contribution in [-0.4, -0.2) is 31.0 Å². The zero-order valence-corrected chi connectivity index (χ0v) is 10.6. The summed E-state index contributed by atoms with van der Waals surface area (Å²) in [6.45, 7) is 0. The van der Waals surface area contributed by atoms with Crippen LogP contribution in [0.3, 0.4) is 0 Å². The average molecular weight is 308 g/mol. The fourth-order valence-corrected chi connectivity index (χ4v) is 1.86. The summed E-state index contributed by atoms with van der Waals surface area (Å²) in [6, 6.07) is 1.47. The highest BCUT2D eigenvalue weighted by Crippen LogP contribution is 2.16. The first-order chi connectivity index (χ1) is 10.4. The van der Waals surface area contributed by atoms with Crippen LogP contribution >= 0.6 is 0 Å². The molecule has 2 N–H and O–H groups in total. The summed E-state index contributed by atoms with van der Waals surface area (Å²) >= 11 is 0. The Labute approximate surface area is 119 Å². The number of carboxylic acid groups (broad SMARTS) is 1. The van der Waals surface area contributed by atoms with Crippen LogP contribution < -0.4 is 10.3 Å². The number of rotatable bonds is 2. The number of aromatic amines is 1. The van der Waals surface area contributed by atoms with Crippen LogP contribution in [0.2, 0.25) is 0 Å². The van der Waals surface area contributed by atoms with E-state index in [0.29, 0.717) is 6.07 Å². The number of halogens is 2. The minimum Gasteiger partial charge on any atom is -0.449 e. The topological polar surface area (TPSA) is 110 Å². The number of aromatic nitrogens is 4. The van der Waals surface area contributed by atoms with Crippen molar-refractivity contribution in [3.05, 3.63) is 46.5 Å². The SMILES string of the molecule is O=C(O)Oc1cnn(-c2nc3cc(F)cc(F)c3c(=O)[nH]2)c1. The van der Waals surface area contributed by atoms with E-state index in [1.807, 2.05) is 0 Å². The first-order valence-electron chi connectivity index (χ1n) is 5.79. The predicted octanol–water partition coefficient (Wildman–Crippen LogP) is 1.44. The van der Waals surface area contributed by atoms with Crippen molar-refractivity contribution in [3.63, 3.8) is 0 Å². The lowest BCUT2D eigenvalue weighted by molar-refractivity contribution is 0.144. The van der Waals surface area contributed by atoms with E-state index in [2.05, 4.69) is 19.8 Å². The molecule has 0 radical (unpaired) electrons. The Kier molecular flexibility index (Phi) is 3.05. The zero-order chi connectivity index (χ0) is 15.9. The third-order valence-electron chi connectivity index (χ3n) is 2.69. The standard InChI is InChI=1S/C12H6F2N4O4/c13-5-1-7(14)9-8(2-5)16-11(17-10(9)19)18-4-6(3-15-18)22-12(20)21/h1-4H,(H,20,21)(H,16,17,19). The zero-order valence-electron chi connectivity index (χ0n) is 10.6. The summed E-state index contributed by atoms with van der Waals surface area (Å²) in [5, 5.41) is 11.8. The molecule has 3 aromatic rings. The molecule has 0 saturated carbocycles. The number of benzene rings is 1. The first-order valence-corrected chi connectivity index (χ1v) is 5.79. The number of ether oxygens (including phenoxy) is 1. The van der Waals surface area contributed by atoms with Gasteiger partial charge < -0.3 is 9.84 Å². The van der Waals surface area contributed by atoms with Crippen LogP contribution in [0.15, 0.2) is 29.3 Å². The Bertz CT molecular complexity index is 950. The fraction of sp³-hybridized carbons (Fsp3) is 0. The van der Waals surface area contributed by atoms with Gasteiger partial charge in [0.25, 0.3) is 5.56 Å². The van der Waals surface area contributed by atoms with Crippen molar-refractivity contribution < 1.29 is 23.4 Å². The number of fused-ring (bicyclic) bond motifs is 1. The van der Waals surface area contributed by atoms with Gasteiger partial charge in [-0.05, 0) is 0 Å². The van der Waals surface area contributed by atoms with Crippen molar-refractivity contribution in [2.45, 2.75) is 0 Å². The Morgan fingerprint density at radius 2 is 2.14 bits per heavy atom. The molecule has 0 unspecified atom stereocenters. The number of nitrogens with zero attached hydrogens (tertiary/aromatic N) is 3. The summed E-state index contributed by atoms with van der Waals surface area (Å²) < 4.78 is 32.2. The summed E-state index contributed by atoms with van der Waals surface area (Å²) in [5.41, 5.74) is -1.03. The molecule has 112 valence electrons. The summed E-state index contributed by atoms with van der Waals surface area (Å²) in [7, 11) is 0. The van der Waals surface area contributed by atoms with Crippen LogP contribution in [0.1, 0.15) is 0 Å². The fourth-order valence-electron chi connectivity index (χ4n) is 1.86. The van der Waals surface area contributed by atoms with Crippen LogP contribution in [0.25, 0.3) is 16.9 Å². The van der Waals surface area contributed by atoms with E-state index in [1.165, 1.54) is 0 Å². The van der Waals surface area contributed by atoms with Crippen LogP contribution in [0.5, 0.6) is 5.75 Å². The Morgan fingerprint density at radius 3 is 2.86 bits per heavy atom. The summed E-state index contributed by atoms with van der Waals surface area (Å²) in [4.78, 5) is 28.4. The highest BCUT2D eigenvalue weighted by molar-refractivity contribution is 5.78. The van der Waals surface area contributed by atoms with E-state index >= 15 is 0 Å². The van der Waals surface area contributed by atoms with Gasteiger partial charge in [-0.2, -0.15) is 5.10 Å². The predicted molar refractivity (Wildman–Crippen MR) is 68.1 cm³/mol. The molecule has 1 aromatic carbocycles. The van der Waals surface area contributed by atoms with Gasteiger partial charge in [-0.25, -0.2) is 23.2 Å². The minimum atomic E-state index is -1.54. The number of hydrogen-bond donors (Lipinski definition) is 2. The molecule has 0 bridgehead atoms. The highest BCUT2D eigenvalue weighted by Gasteiger charge is 2.13. The number of nitrogens with one attached hydrogen (secondary N) is 1. The summed E-state index contributed by atoms with van der Waals surface area (Å²) in [6.07, 6.45) is 0.668. The molecule has 22 heavy (non-hydrogen) atoms. The molecule has 0 spiro atoms. The maximum Gasteiger partial charge on any atom is 0.511 e. The normalized spacial score (nSPS) is 10.8. The quantitative estimate of drug-likeness (QED) is 0.693. The smallest absolute Gasteiger partial charge is 0.449 e. The molecule has 0 amide bonds. The van der Waals surface area contributed by atoms with Gasteiger partial charge in [0, 0.05) is 12.1 Å². The number of hydrogen-bond acceptors (Lipinski definition) is 5. The molecule has 0 aliphatic heterocycles. The number of carbonyl (C=O) groups is 1. The first kappa shape index (κ1) is 13.7. The maximum absolute atomic E-state index is 13.6. The average Bonchev–Trinajstić information content (AvgIpc) is 2.84. The second kappa shape index (κ2) is 4.91. The van der Waals surface area contributed by atoms with E-state index in [4.69, 9.17) is 5.11 Å². The van der Waals surface area contributed by atoms with E-state index in [9.17, 15) is 18.4 Å².